The van der Waals surface area contributed by atoms with E-state index in [2.05, 4.69) is 5.32 Å². The number of halogens is 2. The summed E-state index contributed by atoms with van der Waals surface area (Å²) in [6.45, 7) is 4.28. The molecule has 19 heavy (non-hydrogen) atoms. The van der Waals surface area contributed by atoms with Crippen molar-refractivity contribution in [2.24, 2.45) is 0 Å². The molecule has 2 N–H and O–H groups in total. The number of anilines is 1. The van der Waals surface area contributed by atoms with Gasteiger partial charge < -0.3 is 10.4 Å². The van der Waals surface area contributed by atoms with Crippen LogP contribution in [0.4, 0.5) is 10.1 Å². The lowest BCUT2D eigenvalue weighted by molar-refractivity contribution is 0.466. The molecule has 100 valence electrons. The minimum absolute atomic E-state index is 0.323. The number of aryl methyl sites for hydroxylation is 2. The van der Waals surface area contributed by atoms with E-state index in [1.54, 1.807) is 6.07 Å². The summed E-state index contributed by atoms with van der Waals surface area (Å²) in [6, 6.07) is 8.07. The Morgan fingerprint density at radius 3 is 2.37 bits per heavy atom. The Labute approximate surface area is 116 Å². The smallest absolute Gasteiger partial charge is 0.124 e. The Morgan fingerprint density at radius 1 is 1.16 bits per heavy atom. The van der Waals surface area contributed by atoms with Crippen LogP contribution in [-0.2, 0) is 6.54 Å². The van der Waals surface area contributed by atoms with Gasteiger partial charge in [0.1, 0.15) is 11.6 Å². The van der Waals surface area contributed by atoms with Crippen LogP contribution in [0.5, 0.6) is 5.75 Å². The average Bonchev–Trinajstić information content (AvgIpc) is 2.34. The standard InChI is InChI=1S/C15H15ClFNO/c1-9-5-11(6-10(2)15(9)19)8-18-14-4-3-12(17)7-13(14)16/h3-7,18-19H,8H2,1-2H3. The number of nitrogens with one attached hydrogen (secondary N) is 1. The highest BCUT2D eigenvalue weighted by Gasteiger charge is 2.05. The van der Waals surface area contributed by atoms with Gasteiger partial charge in [-0.15, -0.1) is 0 Å². The van der Waals surface area contributed by atoms with Crippen LogP contribution in [0.3, 0.4) is 0 Å². The van der Waals surface area contributed by atoms with E-state index >= 15 is 0 Å². The molecule has 0 saturated carbocycles. The summed E-state index contributed by atoms with van der Waals surface area (Å²) in [5.41, 5.74) is 3.39. The number of hydrogen-bond acceptors (Lipinski definition) is 2. The molecule has 0 atom stereocenters. The van der Waals surface area contributed by atoms with Gasteiger partial charge in [-0.25, -0.2) is 4.39 Å². The first-order chi connectivity index (χ1) is 8.97. The van der Waals surface area contributed by atoms with Crippen molar-refractivity contribution in [1.82, 2.24) is 0 Å². The van der Waals surface area contributed by atoms with Gasteiger partial charge in [-0.05, 0) is 48.7 Å². The third-order valence-electron chi connectivity index (χ3n) is 2.96. The molecule has 0 aromatic heterocycles. The quantitative estimate of drug-likeness (QED) is 0.872. The molecule has 0 fully saturated rings. The summed E-state index contributed by atoms with van der Waals surface area (Å²) >= 11 is 5.94. The normalized spacial score (nSPS) is 10.5. The summed E-state index contributed by atoms with van der Waals surface area (Å²) < 4.78 is 12.9. The topological polar surface area (TPSA) is 32.3 Å². The SMILES string of the molecule is Cc1cc(CNc2ccc(F)cc2Cl)cc(C)c1O. The number of benzene rings is 2. The zero-order valence-corrected chi connectivity index (χ0v) is 11.6. The minimum Gasteiger partial charge on any atom is -0.507 e. The molecule has 2 rings (SSSR count). The molecule has 2 aromatic rings. The lowest BCUT2D eigenvalue weighted by atomic mass is 10.1. The van der Waals surface area contributed by atoms with Crippen molar-refractivity contribution in [3.8, 4) is 5.75 Å². The maximum Gasteiger partial charge on any atom is 0.124 e. The zero-order chi connectivity index (χ0) is 14.0. The fraction of sp³-hybridized carbons (Fsp3) is 0.200. The Hall–Kier alpha value is -1.74. The zero-order valence-electron chi connectivity index (χ0n) is 10.8. The molecule has 4 heteroatoms. The van der Waals surface area contributed by atoms with E-state index in [-0.39, 0.29) is 5.82 Å². The van der Waals surface area contributed by atoms with Gasteiger partial charge in [0.25, 0.3) is 0 Å². The highest BCUT2D eigenvalue weighted by atomic mass is 35.5. The van der Waals surface area contributed by atoms with Crippen molar-refractivity contribution in [1.29, 1.82) is 0 Å². The summed E-state index contributed by atoms with van der Waals surface area (Å²) in [5, 5.41) is 13.2. The van der Waals surface area contributed by atoms with Crippen molar-refractivity contribution in [2.45, 2.75) is 20.4 Å². The van der Waals surface area contributed by atoms with Gasteiger partial charge in [-0.3, -0.25) is 0 Å². The lowest BCUT2D eigenvalue weighted by Crippen LogP contribution is -2.01. The Morgan fingerprint density at radius 2 is 1.79 bits per heavy atom. The molecule has 0 aliphatic carbocycles. The van der Waals surface area contributed by atoms with E-state index in [0.29, 0.717) is 23.0 Å². The van der Waals surface area contributed by atoms with Crippen LogP contribution in [0.1, 0.15) is 16.7 Å². The van der Waals surface area contributed by atoms with Crippen molar-refractivity contribution in [2.75, 3.05) is 5.32 Å². The van der Waals surface area contributed by atoms with Gasteiger partial charge in [0.05, 0.1) is 10.7 Å². The van der Waals surface area contributed by atoms with Gasteiger partial charge in [0.2, 0.25) is 0 Å². The summed E-state index contributed by atoms with van der Waals surface area (Å²) in [4.78, 5) is 0. The molecule has 0 aliphatic rings. The number of hydrogen-bond donors (Lipinski definition) is 2. The van der Waals surface area contributed by atoms with Gasteiger partial charge in [0, 0.05) is 6.54 Å². The summed E-state index contributed by atoms with van der Waals surface area (Å²) in [7, 11) is 0. The van der Waals surface area contributed by atoms with Gasteiger partial charge in [-0.1, -0.05) is 23.7 Å². The fourth-order valence-electron chi connectivity index (χ4n) is 1.98. The second-order valence-electron chi connectivity index (χ2n) is 4.56. The minimum atomic E-state index is -0.355. The molecular weight excluding hydrogens is 265 g/mol. The van der Waals surface area contributed by atoms with E-state index in [9.17, 15) is 9.50 Å². The van der Waals surface area contributed by atoms with E-state index < -0.39 is 0 Å². The highest BCUT2D eigenvalue weighted by Crippen LogP contribution is 2.25. The largest absolute Gasteiger partial charge is 0.507 e. The molecule has 0 spiro atoms. The van der Waals surface area contributed by atoms with Crippen LogP contribution in [0.2, 0.25) is 5.02 Å². The van der Waals surface area contributed by atoms with Crippen LogP contribution in [0, 0.1) is 19.7 Å². The molecule has 0 unspecified atom stereocenters. The van der Waals surface area contributed by atoms with Crippen LogP contribution < -0.4 is 5.32 Å². The van der Waals surface area contributed by atoms with Crippen molar-refractivity contribution in [3.05, 3.63) is 57.9 Å². The van der Waals surface area contributed by atoms with Gasteiger partial charge in [0.15, 0.2) is 0 Å². The van der Waals surface area contributed by atoms with E-state index in [1.807, 2.05) is 26.0 Å². The average molecular weight is 280 g/mol. The summed E-state index contributed by atoms with van der Waals surface area (Å²) in [5.74, 6) is -0.0320. The molecule has 0 radical (unpaired) electrons. The van der Waals surface area contributed by atoms with E-state index in [1.165, 1.54) is 12.1 Å². The van der Waals surface area contributed by atoms with Crippen LogP contribution in [0.25, 0.3) is 0 Å². The molecule has 2 nitrogen and oxygen atoms in total. The Bertz CT molecular complexity index is 590. The lowest BCUT2D eigenvalue weighted by Gasteiger charge is -2.11. The maximum atomic E-state index is 12.9. The summed E-state index contributed by atoms with van der Waals surface area (Å²) in [6.07, 6.45) is 0. The van der Waals surface area contributed by atoms with Crippen LogP contribution in [0.15, 0.2) is 30.3 Å². The van der Waals surface area contributed by atoms with Crippen molar-refractivity contribution in [3.63, 3.8) is 0 Å². The number of aromatic hydroxyl groups is 1. The predicted octanol–water partition coefficient (Wildman–Crippen LogP) is 4.41. The maximum absolute atomic E-state index is 12.9. The number of phenolic OH excluding ortho intramolecular Hbond substituents is 1. The van der Waals surface area contributed by atoms with Crippen LogP contribution >= 0.6 is 11.6 Å². The third kappa shape index (κ3) is 3.18. The van der Waals surface area contributed by atoms with Gasteiger partial charge in [-0.2, -0.15) is 0 Å². The number of rotatable bonds is 3. The second-order valence-corrected chi connectivity index (χ2v) is 4.96. The Kier molecular flexibility index (Phi) is 3.96. The first-order valence-electron chi connectivity index (χ1n) is 5.95. The molecule has 0 amide bonds. The molecule has 0 heterocycles. The molecule has 0 aliphatic heterocycles. The van der Waals surface area contributed by atoms with Crippen LogP contribution in [-0.4, -0.2) is 5.11 Å². The predicted molar refractivity (Wildman–Crippen MR) is 76.3 cm³/mol. The van der Waals surface area contributed by atoms with Gasteiger partial charge >= 0.3 is 0 Å². The molecule has 0 saturated heterocycles. The molecule has 0 bridgehead atoms. The van der Waals surface area contributed by atoms with E-state index in [0.717, 1.165) is 16.7 Å². The first-order valence-corrected chi connectivity index (χ1v) is 6.33. The molecule has 2 aromatic carbocycles. The number of phenols is 1. The van der Waals surface area contributed by atoms with Crippen molar-refractivity contribution >= 4 is 17.3 Å². The molecular formula is C15H15ClFNO. The fourth-order valence-corrected chi connectivity index (χ4v) is 2.21. The first kappa shape index (κ1) is 13.7. The third-order valence-corrected chi connectivity index (χ3v) is 3.28. The van der Waals surface area contributed by atoms with Crippen molar-refractivity contribution < 1.29 is 9.50 Å². The highest BCUT2D eigenvalue weighted by molar-refractivity contribution is 6.33. The van der Waals surface area contributed by atoms with E-state index in [4.69, 9.17) is 11.6 Å². The monoisotopic (exact) mass is 279 g/mol. The Balaban J connectivity index is 2.14. The second kappa shape index (κ2) is 5.49.